The van der Waals surface area contributed by atoms with Gasteiger partial charge in [0.2, 0.25) is 5.52 Å². The van der Waals surface area contributed by atoms with Gasteiger partial charge in [-0.2, -0.15) is 4.73 Å². The van der Waals surface area contributed by atoms with Gasteiger partial charge in [-0.25, -0.2) is 4.74 Å². The predicted molar refractivity (Wildman–Crippen MR) is 91.6 cm³/mol. The Labute approximate surface area is 139 Å². The van der Waals surface area contributed by atoms with Gasteiger partial charge in [-0.05, 0) is 30.7 Å². The van der Waals surface area contributed by atoms with Crippen LogP contribution >= 0.6 is 11.6 Å². The molecule has 0 saturated carbocycles. The molecule has 4 nitrogen and oxygen atoms in total. The number of benzene rings is 2. The topological polar surface area (TPSA) is 53.0 Å². The van der Waals surface area contributed by atoms with Crippen LogP contribution in [-0.4, -0.2) is 11.0 Å². The second-order valence-electron chi connectivity index (χ2n) is 5.44. The van der Waals surface area contributed by atoms with Crippen LogP contribution in [0.4, 0.5) is 0 Å². The number of halogens is 1. The van der Waals surface area contributed by atoms with Crippen LogP contribution in [0.3, 0.4) is 0 Å². The molecule has 1 heterocycles. The zero-order valence-corrected chi connectivity index (χ0v) is 13.3. The minimum absolute atomic E-state index is 0.00438. The average molecular weight is 327 g/mol. The molecule has 0 atom stereocenters. The van der Waals surface area contributed by atoms with Gasteiger partial charge in [0.05, 0.1) is 0 Å². The number of fused-ring (bicyclic) bond motifs is 1. The van der Waals surface area contributed by atoms with Crippen molar-refractivity contribution in [2.45, 2.75) is 13.5 Å². The molecule has 0 N–H and O–H groups in total. The van der Waals surface area contributed by atoms with Crippen molar-refractivity contribution in [3.8, 4) is 0 Å². The van der Waals surface area contributed by atoms with E-state index in [9.17, 15) is 10.4 Å². The van der Waals surface area contributed by atoms with Crippen LogP contribution in [0, 0.1) is 17.3 Å². The highest BCUT2D eigenvalue weighted by Gasteiger charge is 2.16. The SMILES string of the molecule is Cc1ccc2c(c1)cc(C=[N+]([O-])Cc1ccccc1)c(Cl)[n+]2[O-]. The van der Waals surface area contributed by atoms with E-state index in [0.29, 0.717) is 15.8 Å². The van der Waals surface area contributed by atoms with E-state index < -0.39 is 0 Å². The molecule has 116 valence electrons. The first-order valence-corrected chi connectivity index (χ1v) is 7.57. The van der Waals surface area contributed by atoms with Gasteiger partial charge in [0, 0.05) is 17.0 Å². The summed E-state index contributed by atoms with van der Waals surface area (Å²) in [6.45, 7) is 2.14. The molecular formula is C18H15ClN2O2. The van der Waals surface area contributed by atoms with Gasteiger partial charge in [-0.15, -0.1) is 0 Å². The van der Waals surface area contributed by atoms with Gasteiger partial charge in [-0.1, -0.05) is 42.0 Å². The molecule has 0 spiro atoms. The molecule has 0 saturated heterocycles. The van der Waals surface area contributed by atoms with E-state index in [4.69, 9.17) is 11.6 Å². The second-order valence-corrected chi connectivity index (χ2v) is 5.80. The Morgan fingerprint density at radius 2 is 1.87 bits per heavy atom. The van der Waals surface area contributed by atoms with Crippen LogP contribution in [0.1, 0.15) is 16.7 Å². The van der Waals surface area contributed by atoms with Crippen LogP contribution in [0.25, 0.3) is 10.9 Å². The van der Waals surface area contributed by atoms with E-state index in [1.165, 1.54) is 6.21 Å². The first kappa shape index (κ1) is 15.3. The number of hydrogen-bond acceptors (Lipinski definition) is 2. The standard InChI is InChI=1S/C18H15ClN2O2/c1-13-7-8-17-15(9-13)10-16(18(19)21(17)23)12-20(22)11-14-5-3-2-4-6-14/h2-10,12H,11H2,1H3. The maximum absolute atomic E-state index is 12.2. The van der Waals surface area contributed by atoms with Crippen LogP contribution in [0.2, 0.25) is 5.15 Å². The number of pyridine rings is 1. The summed E-state index contributed by atoms with van der Waals surface area (Å²) in [5, 5.41) is 25.1. The Balaban J connectivity index is 2.02. The fraction of sp³-hybridized carbons (Fsp3) is 0.111. The fourth-order valence-corrected chi connectivity index (χ4v) is 2.67. The van der Waals surface area contributed by atoms with Crippen LogP contribution in [-0.2, 0) is 6.54 Å². The monoisotopic (exact) mass is 326 g/mol. The lowest BCUT2D eigenvalue weighted by atomic mass is 10.1. The van der Waals surface area contributed by atoms with Crippen molar-refractivity contribution in [3.63, 3.8) is 0 Å². The first-order chi connectivity index (χ1) is 11.0. The maximum atomic E-state index is 12.2. The summed E-state index contributed by atoms with van der Waals surface area (Å²) in [4.78, 5) is 0. The number of aryl methyl sites for hydroxylation is 1. The number of nitrogens with zero attached hydrogens (tertiary/aromatic N) is 2. The summed E-state index contributed by atoms with van der Waals surface area (Å²) in [5.41, 5.74) is 2.82. The molecule has 0 unspecified atom stereocenters. The molecule has 0 aliphatic rings. The molecule has 5 heteroatoms. The fourth-order valence-electron chi connectivity index (χ4n) is 2.48. The van der Waals surface area contributed by atoms with Gasteiger partial charge in [0.25, 0.3) is 5.15 Å². The smallest absolute Gasteiger partial charge is 0.300 e. The van der Waals surface area contributed by atoms with Crippen molar-refractivity contribution >= 4 is 28.7 Å². The highest BCUT2D eigenvalue weighted by molar-refractivity contribution is 6.31. The minimum Gasteiger partial charge on any atom is -0.624 e. The van der Waals surface area contributed by atoms with Crippen LogP contribution in [0.15, 0.2) is 54.6 Å². The van der Waals surface area contributed by atoms with E-state index in [-0.39, 0.29) is 11.7 Å². The molecule has 0 bridgehead atoms. The Bertz CT molecular complexity index is 892. The molecule has 0 fully saturated rings. The summed E-state index contributed by atoms with van der Waals surface area (Å²) in [6, 6.07) is 16.6. The lowest BCUT2D eigenvalue weighted by Gasteiger charge is -2.08. The number of rotatable bonds is 3. The maximum Gasteiger partial charge on any atom is 0.300 e. The highest BCUT2D eigenvalue weighted by atomic mass is 35.5. The van der Waals surface area contributed by atoms with Crippen molar-refractivity contribution in [1.29, 1.82) is 0 Å². The minimum atomic E-state index is -0.00438. The number of aromatic nitrogens is 1. The molecule has 2 aromatic carbocycles. The third-order valence-corrected chi connectivity index (χ3v) is 3.97. The zero-order chi connectivity index (χ0) is 16.4. The van der Waals surface area contributed by atoms with E-state index in [2.05, 4.69) is 0 Å². The normalized spacial score (nSPS) is 11.8. The first-order valence-electron chi connectivity index (χ1n) is 7.19. The molecule has 23 heavy (non-hydrogen) atoms. The molecule has 1 aromatic heterocycles. The molecule has 0 radical (unpaired) electrons. The van der Waals surface area contributed by atoms with Gasteiger partial charge in [-0.3, -0.25) is 0 Å². The van der Waals surface area contributed by atoms with Crippen LogP contribution in [0.5, 0.6) is 0 Å². The lowest BCUT2D eigenvalue weighted by Crippen LogP contribution is -2.30. The van der Waals surface area contributed by atoms with Gasteiger partial charge in [0.1, 0.15) is 5.56 Å². The largest absolute Gasteiger partial charge is 0.624 e. The molecular weight excluding hydrogens is 312 g/mol. The van der Waals surface area contributed by atoms with Crippen molar-refractivity contribution in [2.75, 3.05) is 0 Å². The Morgan fingerprint density at radius 1 is 1.13 bits per heavy atom. The third-order valence-electron chi connectivity index (χ3n) is 3.59. The van der Waals surface area contributed by atoms with Crippen molar-refractivity contribution in [3.05, 3.63) is 86.9 Å². The van der Waals surface area contributed by atoms with E-state index in [1.54, 1.807) is 12.1 Å². The van der Waals surface area contributed by atoms with Gasteiger partial charge < -0.3 is 10.4 Å². The second kappa shape index (κ2) is 6.26. The van der Waals surface area contributed by atoms with Gasteiger partial charge in [0.15, 0.2) is 12.8 Å². The molecule has 3 aromatic rings. The highest BCUT2D eigenvalue weighted by Crippen LogP contribution is 2.19. The molecule has 3 rings (SSSR count). The molecule has 0 amide bonds. The zero-order valence-electron chi connectivity index (χ0n) is 12.6. The third kappa shape index (κ3) is 3.27. The summed E-state index contributed by atoms with van der Waals surface area (Å²) in [7, 11) is 0. The predicted octanol–water partition coefficient (Wildman–Crippen LogP) is 3.56. The molecule has 0 aliphatic heterocycles. The average Bonchev–Trinajstić information content (AvgIpc) is 2.53. The van der Waals surface area contributed by atoms with Crippen molar-refractivity contribution < 1.29 is 9.47 Å². The van der Waals surface area contributed by atoms with E-state index in [1.807, 2.05) is 49.4 Å². The summed E-state index contributed by atoms with van der Waals surface area (Å²) < 4.78 is 1.43. The van der Waals surface area contributed by atoms with Crippen molar-refractivity contribution in [2.24, 2.45) is 0 Å². The van der Waals surface area contributed by atoms with Gasteiger partial charge >= 0.3 is 0 Å². The van der Waals surface area contributed by atoms with Crippen molar-refractivity contribution in [1.82, 2.24) is 0 Å². The summed E-state index contributed by atoms with van der Waals surface area (Å²) in [5.74, 6) is 0. The lowest BCUT2D eigenvalue weighted by molar-refractivity contribution is -0.574. The summed E-state index contributed by atoms with van der Waals surface area (Å²) in [6.07, 6.45) is 1.35. The van der Waals surface area contributed by atoms with E-state index >= 15 is 0 Å². The Kier molecular flexibility index (Phi) is 4.17. The van der Waals surface area contributed by atoms with E-state index in [0.717, 1.165) is 21.3 Å². The molecule has 0 aliphatic carbocycles. The Morgan fingerprint density at radius 3 is 2.61 bits per heavy atom. The quantitative estimate of drug-likeness (QED) is 0.243. The van der Waals surface area contributed by atoms with Crippen LogP contribution < -0.4 is 4.73 Å². The summed E-state index contributed by atoms with van der Waals surface area (Å²) >= 11 is 6.11. The Hall–Kier alpha value is -2.59. The number of hydrogen-bond donors (Lipinski definition) is 0. The number of hydroxylamine groups is 1.